The van der Waals surface area contributed by atoms with Crippen LogP contribution in [-0.4, -0.2) is 54.6 Å². The van der Waals surface area contributed by atoms with E-state index in [1.54, 1.807) is 0 Å². The topological polar surface area (TPSA) is 72.2 Å². The molecule has 2 aromatic carbocycles. The number of fused-ring (bicyclic) bond motifs is 2. The van der Waals surface area contributed by atoms with Crippen molar-refractivity contribution in [2.24, 2.45) is 0 Å². The first kappa shape index (κ1) is 21.8. The summed E-state index contributed by atoms with van der Waals surface area (Å²) in [6.07, 6.45) is 0.129. The van der Waals surface area contributed by atoms with Crippen LogP contribution in [0.15, 0.2) is 51.7 Å². The van der Waals surface area contributed by atoms with Crippen molar-refractivity contribution < 1.29 is 18.7 Å². The molecule has 0 unspecified atom stereocenters. The highest BCUT2D eigenvalue weighted by molar-refractivity contribution is 6.32. The molecule has 5 rings (SSSR count). The summed E-state index contributed by atoms with van der Waals surface area (Å²) in [5.74, 6) is 1.20. The zero-order valence-corrected chi connectivity index (χ0v) is 19.1. The molecule has 1 saturated heterocycles. The summed E-state index contributed by atoms with van der Waals surface area (Å²) in [5, 5.41) is 1.52. The molecule has 0 bridgehead atoms. The predicted octanol–water partition coefficient (Wildman–Crippen LogP) is 3.49. The Bertz CT molecular complexity index is 1250. The highest BCUT2D eigenvalue weighted by Gasteiger charge is 2.32. The molecule has 0 spiro atoms. The van der Waals surface area contributed by atoms with Crippen molar-refractivity contribution in [3.05, 3.63) is 69.0 Å². The zero-order valence-electron chi connectivity index (χ0n) is 18.4. The van der Waals surface area contributed by atoms with Gasteiger partial charge in [-0.15, -0.1) is 0 Å². The van der Waals surface area contributed by atoms with Gasteiger partial charge in [0.2, 0.25) is 6.10 Å². The average Bonchev–Trinajstić information content (AvgIpc) is 2.84. The molecule has 172 valence electrons. The second-order valence-corrected chi connectivity index (χ2v) is 8.76. The summed E-state index contributed by atoms with van der Waals surface area (Å²) in [7, 11) is 0. The van der Waals surface area contributed by atoms with E-state index in [1.165, 1.54) is 6.07 Å². The van der Waals surface area contributed by atoms with Crippen molar-refractivity contribution in [3.63, 3.8) is 0 Å². The smallest absolute Gasteiger partial charge is 0.336 e. The quantitative estimate of drug-likeness (QED) is 0.546. The molecule has 1 amide bonds. The lowest BCUT2D eigenvalue weighted by Crippen LogP contribution is -2.53. The molecule has 0 radical (unpaired) electrons. The fourth-order valence-electron chi connectivity index (χ4n) is 4.40. The second-order valence-electron chi connectivity index (χ2n) is 8.35. The predicted molar refractivity (Wildman–Crippen MR) is 125 cm³/mol. The van der Waals surface area contributed by atoms with Crippen molar-refractivity contribution in [1.82, 2.24) is 9.80 Å². The maximum atomic E-state index is 13.0. The third-order valence-corrected chi connectivity index (χ3v) is 6.59. The molecule has 2 aliphatic heterocycles. The minimum Gasteiger partial charge on any atom is -0.485 e. The molecule has 0 aliphatic carbocycles. The van der Waals surface area contributed by atoms with E-state index in [1.807, 2.05) is 48.2 Å². The van der Waals surface area contributed by atoms with Gasteiger partial charge in [0, 0.05) is 49.2 Å². The third kappa shape index (κ3) is 4.43. The summed E-state index contributed by atoms with van der Waals surface area (Å²) in [6, 6.07) is 12.6. The Morgan fingerprint density at radius 3 is 2.58 bits per heavy atom. The minimum absolute atomic E-state index is 0.0613. The number of carbonyl (C=O) groups excluding carboxylic acids is 1. The average molecular weight is 469 g/mol. The van der Waals surface area contributed by atoms with Crippen LogP contribution in [-0.2, 0) is 17.8 Å². The van der Waals surface area contributed by atoms with Gasteiger partial charge in [-0.25, -0.2) is 4.79 Å². The lowest BCUT2D eigenvalue weighted by atomic mass is 10.1. The van der Waals surface area contributed by atoms with Crippen LogP contribution in [0.2, 0.25) is 5.02 Å². The molecule has 7 nitrogen and oxygen atoms in total. The van der Waals surface area contributed by atoms with E-state index in [2.05, 4.69) is 4.90 Å². The number of benzene rings is 2. The van der Waals surface area contributed by atoms with Gasteiger partial charge in [0.05, 0.1) is 0 Å². The molecule has 1 fully saturated rings. The Hall–Kier alpha value is -3.03. The van der Waals surface area contributed by atoms with Gasteiger partial charge in [0.1, 0.15) is 12.2 Å². The van der Waals surface area contributed by atoms with E-state index in [-0.39, 0.29) is 18.1 Å². The van der Waals surface area contributed by atoms with Crippen LogP contribution in [0.1, 0.15) is 18.1 Å². The van der Waals surface area contributed by atoms with Gasteiger partial charge in [-0.1, -0.05) is 30.7 Å². The first-order valence-corrected chi connectivity index (χ1v) is 11.5. The number of amides is 1. The summed E-state index contributed by atoms with van der Waals surface area (Å²) in [5.41, 5.74) is 2.02. The van der Waals surface area contributed by atoms with Crippen LogP contribution in [0.4, 0.5) is 0 Å². The minimum atomic E-state index is -0.635. The number of carbonyl (C=O) groups is 1. The van der Waals surface area contributed by atoms with Crippen LogP contribution in [0.5, 0.6) is 11.5 Å². The van der Waals surface area contributed by atoms with Crippen molar-refractivity contribution in [3.8, 4) is 11.5 Å². The largest absolute Gasteiger partial charge is 0.485 e. The van der Waals surface area contributed by atoms with E-state index in [9.17, 15) is 9.59 Å². The van der Waals surface area contributed by atoms with Crippen molar-refractivity contribution in [1.29, 1.82) is 0 Å². The van der Waals surface area contributed by atoms with Crippen molar-refractivity contribution in [2.45, 2.75) is 26.0 Å². The first-order chi connectivity index (χ1) is 16.0. The molecular formula is C25H25ClN2O5. The molecule has 3 aromatic rings. The molecule has 0 N–H and O–H groups in total. The van der Waals surface area contributed by atoms with E-state index in [0.29, 0.717) is 54.8 Å². The molecule has 8 heteroatoms. The summed E-state index contributed by atoms with van der Waals surface area (Å²) < 4.78 is 17.0. The lowest BCUT2D eigenvalue weighted by molar-refractivity contribution is -0.143. The molecule has 2 aliphatic rings. The number of hydrogen-bond acceptors (Lipinski definition) is 6. The Labute approximate surface area is 196 Å². The second kappa shape index (κ2) is 9.08. The Morgan fingerprint density at radius 1 is 1.06 bits per heavy atom. The van der Waals surface area contributed by atoms with Gasteiger partial charge in [-0.3, -0.25) is 9.69 Å². The molecule has 1 aromatic heterocycles. The molecule has 33 heavy (non-hydrogen) atoms. The van der Waals surface area contributed by atoms with Gasteiger partial charge in [-0.05, 0) is 41.8 Å². The lowest BCUT2D eigenvalue weighted by Gasteiger charge is -2.37. The van der Waals surface area contributed by atoms with Crippen LogP contribution >= 0.6 is 11.6 Å². The Kier molecular flexibility index (Phi) is 6.00. The van der Waals surface area contributed by atoms with Crippen LogP contribution < -0.4 is 15.1 Å². The third-order valence-electron chi connectivity index (χ3n) is 6.24. The van der Waals surface area contributed by atoms with Crippen molar-refractivity contribution >= 4 is 28.5 Å². The van der Waals surface area contributed by atoms with E-state index in [4.69, 9.17) is 25.5 Å². The van der Waals surface area contributed by atoms with Gasteiger partial charge < -0.3 is 18.8 Å². The van der Waals surface area contributed by atoms with Gasteiger partial charge in [0.25, 0.3) is 5.91 Å². The van der Waals surface area contributed by atoms with E-state index < -0.39 is 6.10 Å². The summed E-state index contributed by atoms with van der Waals surface area (Å²) in [6.45, 7) is 5.36. The standard InChI is InChI=1S/C25H25ClN2O5/c1-2-16-11-22-18(13-19(16)26)17(12-24(29)33-22)14-27-7-9-28(10-8-27)25(30)23-15-31-20-5-3-4-6-21(20)32-23/h3-6,11-13,23H,2,7-10,14-15H2,1H3/t23-/m1/s1. The summed E-state index contributed by atoms with van der Waals surface area (Å²) in [4.78, 5) is 29.2. The maximum Gasteiger partial charge on any atom is 0.336 e. The fourth-order valence-corrected chi connectivity index (χ4v) is 4.70. The van der Waals surface area contributed by atoms with E-state index >= 15 is 0 Å². The first-order valence-electron chi connectivity index (χ1n) is 11.2. The highest BCUT2D eigenvalue weighted by Crippen LogP contribution is 2.31. The number of para-hydroxylation sites is 2. The molecule has 1 atom stereocenters. The Morgan fingerprint density at radius 2 is 1.82 bits per heavy atom. The number of rotatable bonds is 4. The van der Waals surface area contributed by atoms with Crippen LogP contribution in [0.3, 0.4) is 0 Å². The van der Waals surface area contributed by atoms with Crippen LogP contribution in [0, 0.1) is 0 Å². The number of nitrogens with zero attached hydrogens (tertiary/aromatic N) is 2. The number of hydrogen-bond donors (Lipinski definition) is 0. The normalized spacial score (nSPS) is 18.5. The molecule has 0 saturated carbocycles. The number of ether oxygens (including phenoxy) is 2. The SMILES string of the molecule is CCc1cc2oc(=O)cc(CN3CCN(C(=O)[C@H]4COc5ccccc5O4)CC3)c2cc1Cl. The fraction of sp³-hybridized carbons (Fsp3) is 0.360. The summed E-state index contributed by atoms with van der Waals surface area (Å²) >= 11 is 6.42. The highest BCUT2D eigenvalue weighted by atomic mass is 35.5. The van der Waals surface area contributed by atoms with Gasteiger partial charge in [-0.2, -0.15) is 0 Å². The zero-order chi connectivity index (χ0) is 22.9. The van der Waals surface area contributed by atoms with Crippen molar-refractivity contribution in [2.75, 3.05) is 32.8 Å². The molecule has 3 heterocycles. The molecular weight excluding hydrogens is 444 g/mol. The van der Waals surface area contributed by atoms with Gasteiger partial charge >= 0.3 is 5.63 Å². The monoisotopic (exact) mass is 468 g/mol. The van der Waals surface area contributed by atoms with Crippen LogP contribution in [0.25, 0.3) is 11.0 Å². The van der Waals surface area contributed by atoms with E-state index in [0.717, 1.165) is 22.9 Å². The number of aryl methyl sites for hydroxylation is 1. The number of piperazine rings is 1. The van der Waals surface area contributed by atoms with Gasteiger partial charge in [0.15, 0.2) is 11.5 Å². The number of halogens is 1. The maximum absolute atomic E-state index is 13.0. The Balaban J connectivity index is 1.25.